The van der Waals surface area contributed by atoms with E-state index in [4.69, 9.17) is 4.98 Å². The number of halogens is 2. The summed E-state index contributed by atoms with van der Waals surface area (Å²) in [6.07, 6.45) is 5.86. The normalized spacial score (nSPS) is 14.0. The summed E-state index contributed by atoms with van der Waals surface area (Å²) in [4.78, 5) is 16.9. The monoisotopic (exact) mass is 408 g/mol. The van der Waals surface area contributed by atoms with Crippen molar-refractivity contribution in [2.45, 2.75) is 12.8 Å². The van der Waals surface area contributed by atoms with Crippen LogP contribution in [0.2, 0.25) is 0 Å². The van der Waals surface area contributed by atoms with Gasteiger partial charge in [-0.25, -0.2) is 18.7 Å². The molecule has 4 rings (SSSR count). The average molecular weight is 408 g/mol. The molecule has 6 nitrogen and oxygen atoms in total. The largest absolute Gasteiger partial charge is 0.372 e. The molecular weight excluding hydrogens is 386 g/mol. The lowest BCUT2D eigenvalue weighted by Crippen LogP contribution is -2.33. The summed E-state index contributed by atoms with van der Waals surface area (Å²) in [5, 5.41) is 3.13. The van der Waals surface area contributed by atoms with Crippen LogP contribution in [0.1, 0.15) is 12.8 Å². The summed E-state index contributed by atoms with van der Waals surface area (Å²) in [7, 11) is 2.02. The van der Waals surface area contributed by atoms with E-state index in [1.807, 2.05) is 24.1 Å². The molecule has 0 saturated heterocycles. The summed E-state index contributed by atoms with van der Waals surface area (Å²) in [5.74, 6) is 0.956. The van der Waals surface area contributed by atoms with Crippen molar-refractivity contribution >= 4 is 17.3 Å². The molecule has 0 atom stereocenters. The van der Waals surface area contributed by atoms with Gasteiger partial charge < -0.3 is 15.1 Å². The molecule has 30 heavy (non-hydrogen) atoms. The molecule has 0 saturated carbocycles. The van der Waals surface area contributed by atoms with Crippen molar-refractivity contribution < 1.29 is 8.78 Å². The van der Waals surface area contributed by atoms with Gasteiger partial charge in [0.15, 0.2) is 5.82 Å². The maximum absolute atomic E-state index is 13.7. The number of hydrogen-bond acceptors (Lipinski definition) is 6. The Labute approximate surface area is 173 Å². The molecular formula is C22H22F2N6. The zero-order valence-corrected chi connectivity index (χ0v) is 16.6. The summed E-state index contributed by atoms with van der Waals surface area (Å²) < 4.78 is 26.9. The number of nitrogens with zero attached hydrogens (tertiary/aromatic N) is 5. The first kappa shape index (κ1) is 19.8. The van der Waals surface area contributed by atoms with E-state index in [-0.39, 0.29) is 0 Å². The van der Waals surface area contributed by atoms with Crippen LogP contribution in [0, 0.1) is 11.6 Å². The highest BCUT2D eigenvalue weighted by Crippen LogP contribution is 2.34. The molecule has 0 amide bonds. The zero-order chi connectivity index (χ0) is 21.1. The number of fused-ring (bicyclic) bond motifs is 1. The quantitative estimate of drug-likeness (QED) is 0.689. The molecule has 0 aromatic carbocycles. The molecule has 0 radical (unpaired) electrons. The number of aromatic nitrogens is 3. The molecule has 0 fully saturated rings. The molecule has 3 aromatic heterocycles. The minimum Gasteiger partial charge on any atom is -0.372 e. The fraction of sp³-hybridized carbons (Fsp3) is 0.227. The van der Waals surface area contributed by atoms with E-state index in [9.17, 15) is 8.78 Å². The van der Waals surface area contributed by atoms with Crippen LogP contribution >= 0.6 is 0 Å². The van der Waals surface area contributed by atoms with Crippen LogP contribution in [-0.4, -0.2) is 35.1 Å². The smallest absolute Gasteiger partial charge is 0.158 e. The predicted molar refractivity (Wildman–Crippen MR) is 114 cm³/mol. The minimum atomic E-state index is -0.413. The topological polar surface area (TPSA) is 57.2 Å². The predicted octanol–water partition coefficient (Wildman–Crippen LogP) is 4.44. The van der Waals surface area contributed by atoms with Crippen LogP contribution in [0.3, 0.4) is 0 Å². The van der Waals surface area contributed by atoms with Crippen LogP contribution in [0.25, 0.3) is 11.3 Å². The van der Waals surface area contributed by atoms with Crippen LogP contribution < -0.4 is 15.1 Å². The molecule has 1 aliphatic heterocycles. The van der Waals surface area contributed by atoms with E-state index in [0.29, 0.717) is 35.3 Å². The minimum absolute atomic E-state index is 0.403. The van der Waals surface area contributed by atoms with Gasteiger partial charge in [-0.15, -0.1) is 0 Å². The van der Waals surface area contributed by atoms with E-state index in [2.05, 4.69) is 26.8 Å². The molecule has 4 heterocycles. The Morgan fingerprint density at radius 3 is 2.63 bits per heavy atom. The Kier molecular flexibility index (Phi) is 5.56. The number of nitrogens with one attached hydrogen (secondary N) is 1. The van der Waals surface area contributed by atoms with Gasteiger partial charge in [0.25, 0.3) is 0 Å². The van der Waals surface area contributed by atoms with E-state index >= 15 is 0 Å². The van der Waals surface area contributed by atoms with Gasteiger partial charge in [0.05, 0.1) is 23.8 Å². The fourth-order valence-electron chi connectivity index (χ4n) is 3.42. The zero-order valence-electron chi connectivity index (χ0n) is 16.6. The third kappa shape index (κ3) is 4.22. The molecule has 0 unspecified atom stereocenters. The van der Waals surface area contributed by atoms with Crippen molar-refractivity contribution in [3.63, 3.8) is 0 Å². The lowest BCUT2D eigenvalue weighted by molar-refractivity contribution is 0.621. The molecule has 3 aromatic rings. The van der Waals surface area contributed by atoms with Crippen LogP contribution in [-0.2, 0) is 0 Å². The SMILES string of the molecule is C=C(Nc1ccc(F)cn1)N1CCCCN(C)c2ccc(-c3cncc(F)c3)nc21. The molecule has 0 bridgehead atoms. The lowest BCUT2D eigenvalue weighted by atomic mass is 10.1. The second kappa shape index (κ2) is 8.44. The highest BCUT2D eigenvalue weighted by molar-refractivity contribution is 5.74. The van der Waals surface area contributed by atoms with E-state index in [1.54, 1.807) is 12.3 Å². The van der Waals surface area contributed by atoms with Crippen molar-refractivity contribution in [3.05, 3.63) is 73.0 Å². The van der Waals surface area contributed by atoms with Gasteiger partial charge in [0, 0.05) is 31.9 Å². The highest BCUT2D eigenvalue weighted by Gasteiger charge is 2.22. The van der Waals surface area contributed by atoms with E-state index in [1.165, 1.54) is 18.3 Å². The van der Waals surface area contributed by atoms with Gasteiger partial charge in [-0.2, -0.15) is 0 Å². The molecule has 1 aliphatic rings. The van der Waals surface area contributed by atoms with Gasteiger partial charge in [-0.3, -0.25) is 4.98 Å². The third-order valence-electron chi connectivity index (χ3n) is 4.97. The average Bonchev–Trinajstić information content (AvgIpc) is 2.73. The van der Waals surface area contributed by atoms with Crippen LogP contribution in [0.4, 0.5) is 26.1 Å². The van der Waals surface area contributed by atoms with Gasteiger partial charge >= 0.3 is 0 Å². The van der Waals surface area contributed by atoms with E-state index in [0.717, 1.165) is 31.3 Å². The van der Waals surface area contributed by atoms with E-state index < -0.39 is 11.6 Å². The Balaban J connectivity index is 1.72. The van der Waals surface area contributed by atoms with Crippen LogP contribution in [0.15, 0.2) is 61.3 Å². The number of hydrogen-bond donors (Lipinski definition) is 1. The second-order valence-corrected chi connectivity index (χ2v) is 7.14. The molecule has 1 N–H and O–H groups in total. The maximum atomic E-state index is 13.7. The van der Waals surface area contributed by atoms with Gasteiger partial charge in [0.2, 0.25) is 0 Å². The molecule has 0 aliphatic carbocycles. The maximum Gasteiger partial charge on any atom is 0.158 e. The number of pyridine rings is 3. The first-order valence-electron chi connectivity index (χ1n) is 9.69. The Morgan fingerprint density at radius 1 is 1.03 bits per heavy atom. The third-order valence-corrected chi connectivity index (χ3v) is 4.97. The molecule has 0 spiro atoms. The second-order valence-electron chi connectivity index (χ2n) is 7.14. The van der Waals surface area contributed by atoms with Crippen molar-refractivity contribution in [1.82, 2.24) is 15.0 Å². The van der Waals surface area contributed by atoms with Gasteiger partial charge in [0.1, 0.15) is 23.3 Å². The fourth-order valence-corrected chi connectivity index (χ4v) is 3.42. The number of anilines is 3. The first-order chi connectivity index (χ1) is 14.5. The standard InChI is InChI=1S/C22H22F2N6/c1-15(27-21-8-5-17(23)14-26-21)30-10-4-3-9-29(2)20-7-6-19(28-22(20)30)16-11-18(24)13-25-12-16/h5-8,11-14H,1,3-4,9-10H2,2H3,(H,26,27). The summed E-state index contributed by atoms with van der Waals surface area (Å²) in [5.41, 5.74) is 2.16. The lowest BCUT2D eigenvalue weighted by Gasteiger charge is -2.33. The summed E-state index contributed by atoms with van der Waals surface area (Å²) >= 11 is 0. The molecule has 8 heteroatoms. The first-order valence-corrected chi connectivity index (χ1v) is 9.69. The summed E-state index contributed by atoms with van der Waals surface area (Å²) in [6.45, 7) is 5.76. The Bertz CT molecular complexity index is 1050. The van der Waals surface area contributed by atoms with Crippen molar-refractivity contribution in [2.75, 3.05) is 35.3 Å². The van der Waals surface area contributed by atoms with Crippen molar-refractivity contribution in [2.24, 2.45) is 0 Å². The Hall–Kier alpha value is -3.55. The van der Waals surface area contributed by atoms with Crippen LogP contribution in [0.5, 0.6) is 0 Å². The molecule has 154 valence electrons. The Morgan fingerprint density at radius 2 is 1.87 bits per heavy atom. The summed E-state index contributed by atoms with van der Waals surface area (Å²) in [6, 6.07) is 8.15. The van der Waals surface area contributed by atoms with Crippen molar-refractivity contribution in [1.29, 1.82) is 0 Å². The highest BCUT2D eigenvalue weighted by atomic mass is 19.1. The van der Waals surface area contributed by atoms with Crippen molar-refractivity contribution in [3.8, 4) is 11.3 Å². The van der Waals surface area contributed by atoms with Gasteiger partial charge in [-0.1, -0.05) is 6.58 Å². The number of rotatable bonds is 4. The van der Waals surface area contributed by atoms with Gasteiger partial charge in [-0.05, 0) is 43.2 Å².